The minimum absolute atomic E-state index is 0.0704. The molecule has 21 heavy (non-hydrogen) atoms. The van der Waals surface area contributed by atoms with Crippen LogP contribution in [0.15, 0.2) is 53.7 Å². The first-order valence-electron chi connectivity index (χ1n) is 6.90. The average Bonchev–Trinajstić information content (AvgIpc) is 2.50. The topological polar surface area (TPSA) is 54.0 Å². The third-order valence-electron chi connectivity index (χ3n) is 2.99. The lowest BCUT2D eigenvalue weighted by atomic mass is 10.1. The summed E-state index contributed by atoms with van der Waals surface area (Å²) in [5, 5.41) is 5.84. The van der Waals surface area contributed by atoms with Gasteiger partial charge in [-0.25, -0.2) is 4.79 Å². The Hall–Kier alpha value is -2.01. The van der Waals surface area contributed by atoms with Crippen molar-refractivity contribution in [1.82, 2.24) is 10.3 Å². The second kappa shape index (κ2) is 7.69. The summed E-state index contributed by atoms with van der Waals surface area (Å²) in [5.74, 6) is 0.966. The van der Waals surface area contributed by atoms with Gasteiger partial charge in [-0.2, -0.15) is 0 Å². The van der Waals surface area contributed by atoms with Gasteiger partial charge >= 0.3 is 6.03 Å². The summed E-state index contributed by atoms with van der Waals surface area (Å²) in [5.41, 5.74) is 1.86. The molecular weight excluding hydrogens is 282 g/mol. The Labute approximate surface area is 129 Å². The summed E-state index contributed by atoms with van der Waals surface area (Å²) >= 11 is 1.71. The molecule has 0 radical (unpaired) electrons. The van der Waals surface area contributed by atoms with E-state index in [2.05, 4.69) is 22.5 Å². The van der Waals surface area contributed by atoms with Crippen molar-refractivity contribution < 1.29 is 4.79 Å². The third-order valence-corrected chi connectivity index (χ3v) is 3.94. The minimum Gasteiger partial charge on any atom is -0.331 e. The molecule has 1 aromatic carbocycles. The highest BCUT2D eigenvalue weighted by Gasteiger charge is 2.10. The van der Waals surface area contributed by atoms with Crippen LogP contribution in [0.5, 0.6) is 0 Å². The smallest absolute Gasteiger partial charge is 0.319 e. The fourth-order valence-electron chi connectivity index (χ4n) is 1.94. The summed E-state index contributed by atoms with van der Waals surface area (Å²) in [7, 11) is 0. The highest BCUT2D eigenvalue weighted by Crippen LogP contribution is 2.26. The number of aromatic nitrogens is 1. The number of pyridine rings is 1. The van der Waals surface area contributed by atoms with E-state index >= 15 is 0 Å². The summed E-state index contributed by atoms with van der Waals surface area (Å²) < 4.78 is 0. The van der Waals surface area contributed by atoms with Crippen molar-refractivity contribution in [3.05, 3.63) is 54.4 Å². The zero-order chi connectivity index (χ0) is 15.1. The van der Waals surface area contributed by atoms with Crippen LogP contribution in [0, 0.1) is 0 Å². The second-order valence-corrected chi connectivity index (χ2v) is 5.84. The number of nitrogens with zero attached hydrogens (tertiary/aromatic N) is 1. The van der Waals surface area contributed by atoms with Crippen molar-refractivity contribution in [2.24, 2.45) is 0 Å². The van der Waals surface area contributed by atoms with Crippen molar-refractivity contribution in [1.29, 1.82) is 0 Å². The lowest BCUT2D eigenvalue weighted by molar-refractivity contribution is 0.249. The molecule has 2 amide bonds. The minimum atomic E-state index is -0.205. The van der Waals surface area contributed by atoms with Crippen LogP contribution in [0.2, 0.25) is 0 Å². The number of carbonyl (C=O) groups excluding carboxylic acids is 1. The fourth-order valence-corrected chi connectivity index (χ4v) is 2.70. The second-order valence-electron chi connectivity index (χ2n) is 4.53. The number of hydrogen-bond acceptors (Lipinski definition) is 3. The Kier molecular flexibility index (Phi) is 5.63. The Bertz CT molecular complexity index is 589. The number of thioether (sulfide) groups is 1. The molecule has 110 valence electrons. The van der Waals surface area contributed by atoms with Gasteiger partial charge < -0.3 is 10.6 Å². The number of hydrogen-bond donors (Lipinski definition) is 2. The van der Waals surface area contributed by atoms with Gasteiger partial charge in [0.25, 0.3) is 0 Å². The molecule has 4 nitrogen and oxygen atoms in total. The van der Waals surface area contributed by atoms with E-state index in [-0.39, 0.29) is 12.1 Å². The van der Waals surface area contributed by atoms with Crippen LogP contribution in [-0.2, 0) is 0 Å². The highest BCUT2D eigenvalue weighted by molar-refractivity contribution is 7.99. The highest BCUT2D eigenvalue weighted by atomic mass is 32.2. The van der Waals surface area contributed by atoms with E-state index in [1.807, 2.05) is 43.3 Å². The molecule has 1 aromatic heterocycles. The van der Waals surface area contributed by atoms with Gasteiger partial charge in [-0.1, -0.05) is 19.1 Å². The maximum Gasteiger partial charge on any atom is 0.319 e. The van der Waals surface area contributed by atoms with E-state index in [1.54, 1.807) is 24.2 Å². The zero-order valence-corrected chi connectivity index (χ0v) is 13.0. The first-order valence-corrected chi connectivity index (χ1v) is 7.88. The molecule has 2 N–H and O–H groups in total. The van der Waals surface area contributed by atoms with Crippen LogP contribution in [0.3, 0.4) is 0 Å². The number of anilines is 1. The number of carbonyl (C=O) groups is 1. The molecule has 2 rings (SSSR count). The standard InChI is InChI=1S/C16H19N3OS/c1-3-21-15-7-5-4-6-14(15)19-16(20)18-12(2)13-8-10-17-11-9-13/h4-12H,3H2,1-2H3,(H2,18,19,20). The van der Waals surface area contributed by atoms with Crippen LogP contribution < -0.4 is 10.6 Å². The van der Waals surface area contributed by atoms with Crippen LogP contribution in [-0.4, -0.2) is 16.8 Å². The fraction of sp³-hybridized carbons (Fsp3) is 0.250. The number of urea groups is 1. The Balaban J connectivity index is 1.99. The first kappa shape index (κ1) is 15.4. The maximum absolute atomic E-state index is 12.1. The Morgan fingerprint density at radius 1 is 1.24 bits per heavy atom. The largest absolute Gasteiger partial charge is 0.331 e. The first-order chi connectivity index (χ1) is 10.2. The summed E-state index contributed by atoms with van der Waals surface area (Å²) in [4.78, 5) is 17.2. The van der Waals surface area contributed by atoms with E-state index in [0.29, 0.717) is 0 Å². The number of benzene rings is 1. The predicted octanol–water partition coefficient (Wildman–Crippen LogP) is 4.08. The molecule has 1 atom stereocenters. The van der Waals surface area contributed by atoms with Gasteiger partial charge in [-0.15, -0.1) is 11.8 Å². The molecule has 0 saturated heterocycles. The van der Waals surface area contributed by atoms with Crippen molar-refractivity contribution in [3.63, 3.8) is 0 Å². The van der Waals surface area contributed by atoms with Crippen molar-refractivity contribution in [2.75, 3.05) is 11.1 Å². The molecule has 0 fully saturated rings. The van der Waals surface area contributed by atoms with Gasteiger partial charge in [-0.05, 0) is 42.5 Å². The molecule has 2 aromatic rings. The van der Waals surface area contributed by atoms with Gasteiger partial charge in [0.05, 0.1) is 11.7 Å². The summed E-state index contributed by atoms with van der Waals surface area (Å²) in [6.07, 6.45) is 3.44. The maximum atomic E-state index is 12.1. The van der Waals surface area contributed by atoms with Gasteiger partial charge in [0, 0.05) is 17.3 Å². The number of amides is 2. The SMILES string of the molecule is CCSc1ccccc1NC(=O)NC(C)c1ccncc1. The Morgan fingerprint density at radius 3 is 2.67 bits per heavy atom. The van der Waals surface area contributed by atoms with Crippen LogP contribution in [0.1, 0.15) is 25.5 Å². The van der Waals surface area contributed by atoms with Crippen LogP contribution in [0.25, 0.3) is 0 Å². The lowest BCUT2D eigenvalue weighted by Gasteiger charge is -2.16. The van der Waals surface area contributed by atoms with E-state index in [4.69, 9.17) is 0 Å². The quantitative estimate of drug-likeness (QED) is 0.818. The number of rotatable bonds is 5. The number of para-hydroxylation sites is 1. The summed E-state index contributed by atoms with van der Waals surface area (Å²) in [6, 6.07) is 11.3. The molecule has 0 aliphatic carbocycles. The van der Waals surface area contributed by atoms with Crippen molar-refractivity contribution >= 4 is 23.5 Å². The molecular formula is C16H19N3OS. The van der Waals surface area contributed by atoms with Crippen molar-refractivity contribution in [2.45, 2.75) is 24.8 Å². The zero-order valence-electron chi connectivity index (χ0n) is 12.2. The van der Waals surface area contributed by atoms with E-state index in [0.717, 1.165) is 21.9 Å². The van der Waals surface area contributed by atoms with Gasteiger partial charge in [0.2, 0.25) is 0 Å². The molecule has 1 unspecified atom stereocenters. The third kappa shape index (κ3) is 4.49. The van der Waals surface area contributed by atoms with Gasteiger partial charge in [-0.3, -0.25) is 4.98 Å². The molecule has 0 aliphatic rings. The van der Waals surface area contributed by atoms with Crippen LogP contribution >= 0.6 is 11.8 Å². The van der Waals surface area contributed by atoms with E-state index in [9.17, 15) is 4.79 Å². The molecule has 0 saturated carbocycles. The molecule has 1 heterocycles. The monoisotopic (exact) mass is 301 g/mol. The lowest BCUT2D eigenvalue weighted by Crippen LogP contribution is -2.31. The van der Waals surface area contributed by atoms with E-state index < -0.39 is 0 Å². The molecule has 0 bridgehead atoms. The molecule has 5 heteroatoms. The van der Waals surface area contributed by atoms with Gasteiger partial charge in [0.15, 0.2) is 0 Å². The number of nitrogens with one attached hydrogen (secondary N) is 2. The average molecular weight is 301 g/mol. The molecule has 0 aliphatic heterocycles. The molecule has 0 spiro atoms. The predicted molar refractivity (Wildman–Crippen MR) is 87.6 cm³/mol. The summed E-state index contributed by atoms with van der Waals surface area (Å²) in [6.45, 7) is 4.04. The van der Waals surface area contributed by atoms with Gasteiger partial charge in [0.1, 0.15) is 0 Å². The van der Waals surface area contributed by atoms with Crippen LogP contribution in [0.4, 0.5) is 10.5 Å². The van der Waals surface area contributed by atoms with E-state index in [1.165, 1.54) is 0 Å². The Morgan fingerprint density at radius 2 is 1.95 bits per heavy atom. The normalized spacial score (nSPS) is 11.7. The van der Waals surface area contributed by atoms with Crippen molar-refractivity contribution in [3.8, 4) is 0 Å².